The van der Waals surface area contributed by atoms with Gasteiger partial charge in [-0.2, -0.15) is 0 Å². The highest BCUT2D eigenvalue weighted by Gasteiger charge is 2.67. The van der Waals surface area contributed by atoms with E-state index in [-0.39, 0.29) is 18.0 Å². The summed E-state index contributed by atoms with van der Waals surface area (Å²) in [6.45, 7) is 2.87. The second-order valence-corrected chi connectivity index (χ2v) is 7.74. The molecule has 0 aliphatic carbocycles. The Morgan fingerprint density at radius 3 is 2.88 bits per heavy atom. The number of nitrogens with zero attached hydrogens (tertiary/aromatic N) is 1. The predicted octanol–water partition coefficient (Wildman–Crippen LogP) is 3.08. The van der Waals surface area contributed by atoms with Gasteiger partial charge in [0, 0.05) is 10.2 Å². The van der Waals surface area contributed by atoms with Crippen LogP contribution >= 0.6 is 15.9 Å². The van der Waals surface area contributed by atoms with Crippen LogP contribution in [-0.4, -0.2) is 36.7 Å². The Balaban J connectivity index is 1.59. The van der Waals surface area contributed by atoms with Gasteiger partial charge in [-0.1, -0.05) is 41.4 Å². The molecule has 5 nitrogen and oxygen atoms in total. The molecule has 3 aliphatic heterocycles. The minimum Gasteiger partial charge on any atom is -0.465 e. The number of carbonyl (C=O) groups excluding carboxylic acids is 2. The fourth-order valence-corrected chi connectivity index (χ4v) is 4.28. The van der Waals surface area contributed by atoms with Crippen LogP contribution in [0.3, 0.4) is 0 Å². The van der Waals surface area contributed by atoms with Gasteiger partial charge in [0.15, 0.2) is 0 Å². The number of ether oxygens (including phenoxy) is 2. The molecule has 3 heterocycles. The van der Waals surface area contributed by atoms with Gasteiger partial charge in [-0.25, -0.2) is 0 Å². The fraction of sp³-hybridized carbons (Fsp3) is 0.474. The molecule has 0 saturated carbocycles. The van der Waals surface area contributed by atoms with Gasteiger partial charge in [0.1, 0.15) is 11.5 Å². The summed E-state index contributed by atoms with van der Waals surface area (Å²) in [5.41, 5.74) is 0.110. The average molecular weight is 406 g/mol. The molecule has 2 saturated heterocycles. The minimum atomic E-state index is -0.705. The first-order valence-electron chi connectivity index (χ1n) is 8.66. The maximum absolute atomic E-state index is 13.1. The number of hydrogen-bond donors (Lipinski definition) is 0. The number of benzene rings is 1. The number of halogens is 1. The molecule has 25 heavy (non-hydrogen) atoms. The zero-order chi connectivity index (χ0) is 17.6. The Bertz CT molecular complexity index is 731. The lowest BCUT2D eigenvalue weighted by Crippen LogP contribution is -2.40. The van der Waals surface area contributed by atoms with Gasteiger partial charge in [0.25, 0.3) is 0 Å². The molecule has 1 amide bonds. The van der Waals surface area contributed by atoms with Gasteiger partial charge in [-0.3, -0.25) is 9.59 Å². The summed E-state index contributed by atoms with van der Waals surface area (Å²) in [5, 5.41) is 0. The third-order valence-corrected chi connectivity index (χ3v) is 5.78. The van der Waals surface area contributed by atoms with E-state index in [0.717, 1.165) is 23.0 Å². The van der Waals surface area contributed by atoms with E-state index in [0.29, 0.717) is 13.2 Å². The molecule has 6 heteroatoms. The van der Waals surface area contributed by atoms with Crippen molar-refractivity contribution in [2.45, 2.75) is 31.5 Å². The molecule has 0 N–H and O–H groups in total. The van der Waals surface area contributed by atoms with Gasteiger partial charge >= 0.3 is 5.97 Å². The number of unbranched alkanes of at least 4 members (excludes halogenated alkanes) is 1. The number of hydrogen-bond acceptors (Lipinski definition) is 4. The Morgan fingerprint density at radius 2 is 2.16 bits per heavy atom. The van der Waals surface area contributed by atoms with Crippen molar-refractivity contribution in [3.63, 3.8) is 0 Å². The number of anilines is 1. The summed E-state index contributed by atoms with van der Waals surface area (Å²) in [6.07, 6.45) is 5.29. The van der Waals surface area contributed by atoms with Crippen molar-refractivity contribution in [3.05, 3.63) is 40.9 Å². The van der Waals surface area contributed by atoms with Gasteiger partial charge in [-0.15, -0.1) is 0 Å². The third kappa shape index (κ3) is 2.62. The Morgan fingerprint density at radius 1 is 1.40 bits per heavy atom. The highest BCUT2D eigenvalue weighted by Crippen LogP contribution is 2.52. The Kier molecular flexibility index (Phi) is 4.20. The Labute approximate surface area is 155 Å². The van der Waals surface area contributed by atoms with Crippen molar-refractivity contribution in [1.29, 1.82) is 0 Å². The summed E-state index contributed by atoms with van der Waals surface area (Å²) < 4.78 is 12.4. The molecule has 3 aliphatic rings. The van der Waals surface area contributed by atoms with Crippen LogP contribution in [0.15, 0.2) is 40.9 Å². The summed E-state index contributed by atoms with van der Waals surface area (Å²) >= 11 is 3.41. The van der Waals surface area contributed by atoms with Crippen LogP contribution in [0.2, 0.25) is 0 Å². The first-order valence-corrected chi connectivity index (χ1v) is 9.46. The summed E-state index contributed by atoms with van der Waals surface area (Å²) in [7, 11) is 0. The van der Waals surface area contributed by atoms with E-state index >= 15 is 0 Å². The normalized spacial score (nSPS) is 32.3. The quantitative estimate of drug-likeness (QED) is 0.429. The third-order valence-electron chi connectivity index (χ3n) is 5.25. The van der Waals surface area contributed by atoms with Gasteiger partial charge < -0.3 is 14.4 Å². The van der Waals surface area contributed by atoms with Crippen molar-refractivity contribution in [1.82, 2.24) is 0 Å². The lowest BCUT2D eigenvalue weighted by Gasteiger charge is -2.22. The molecule has 1 aromatic rings. The van der Waals surface area contributed by atoms with Crippen LogP contribution in [0.1, 0.15) is 19.8 Å². The molecule has 2 fully saturated rings. The van der Waals surface area contributed by atoms with Crippen molar-refractivity contribution in [2.24, 2.45) is 11.8 Å². The van der Waals surface area contributed by atoms with Crippen LogP contribution in [0.5, 0.6) is 0 Å². The maximum Gasteiger partial charge on any atom is 0.312 e. The van der Waals surface area contributed by atoms with Gasteiger partial charge in [0.05, 0.1) is 25.2 Å². The van der Waals surface area contributed by atoms with Crippen LogP contribution in [0, 0.1) is 11.8 Å². The first-order chi connectivity index (χ1) is 12.1. The monoisotopic (exact) mass is 405 g/mol. The van der Waals surface area contributed by atoms with Crippen molar-refractivity contribution < 1.29 is 19.1 Å². The predicted molar refractivity (Wildman–Crippen MR) is 96.1 cm³/mol. The van der Waals surface area contributed by atoms with E-state index < -0.39 is 17.4 Å². The molecule has 1 unspecified atom stereocenters. The van der Waals surface area contributed by atoms with E-state index in [4.69, 9.17) is 9.47 Å². The van der Waals surface area contributed by atoms with E-state index in [2.05, 4.69) is 15.9 Å². The smallest absolute Gasteiger partial charge is 0.312 e. The number of amides is 1. The average Bonchev–Trinajstić information content (AvgIpc) is 3.24. The van der Waals surface area contributed by atoms with Crippen LogP contribution < -0.4 is 4.90 Å². The second kappa shape index (κ2) is 6.25. The number of esters is 1. The van der Waals surface area contributed by atoms with Gasteiger partial charge in [0.2, 0.25) is 5.91 Å². The number of fused-ring (bicyclic) bond motifs is 1. The minimum absolute atomic E-state index is 0.0633. The Hall–Kier alpha value is -1.66. The van der Waals surface area contributed by atoms with Crippen LogP contribution in [-0.2, 0) is 19.1 Å². The lowest BCUT2D eigenvalue weighted by atomic mass is 9.77. The summed E-state index contributed by atoms with van der Waals surface area (Å²) in [5.74, 6) is -1.43. The largest absolute Gasteiger partial charge is 0.465 e. The zero-order valence-corrected chi connectivity index (χ0v) is 15.6. The fourth-order valence-electron chi connectivity index (χ4n) is 4.02. The van der Waals surface area contributed by atoms with E-state index in [9.17, 15) is 9.59 Å². The molecule has 2 bridgehead atoms. The first kappa shape index (κ1) is 16.8. The summed E-state index contributed by atoms with van der Waals surface area (Å²) in [4.78, 5) is 27.4. The van der Waals surface area contributed by atoms with Crippen molar-refractivity contribution in [2.75, 3.05) is 18.1 Å². The molecule has 0 aromatic heterocycles. The van der Waals surface area contributed by atoms with Crippen molar-refractivity contribution >= 4 is 33.5 Å². The molecular weight excluding hydrogens is 386 g/mol. The number of carbonyl (C=O) groups is 2. The van der Waals surface area contributed by atoms with E-state index in [1.54, 1.807) is 4.90 Å². The van der Waals surface area contributed by atoms with Gasteiger partial charge in [-0.05, 0) is 30.7 Å². The van der Waals surface area contributed by atoms with Crippen molar-refractivity contribution in [3.8, 4) is 0 Å². The topological polar surface area (TPSA) is 55.8 Å². The maximum atomic E-state index is 13.1. The standard InChI is InChI=1S/C19H20BrNO4/c1-2-3-10-24-18(23)15-14-8-9-19(25-14)11-21(17(22)16(15)19)13-6-4-12(20)5-7-13/h4-9,14-16H,2-3,10-11H2,1H3/t14-,15?,16+,19-/m1/s1. The molecule has 132 valence electrons. The molecule has 4 atom stereocenters. The van der Waals surface area contributed by atoms with Crippen LogP contribution in [0.4, 0.5) is 5.69 Å². The van der Waals surface area contributed by atoms with E-state index in [1.807, 2.05) is 43.3 Å². The van der Waals surface area contributed by atoms with Crippen LogP contribution in [0.25, 0.3) is 0 Å². The number of rotatable bonds is 5. The molecule has 4 rings (SSSR count). The molecule has 0 radical (unpaired) electrons. The zero-order valence-electron chi connectivity index (χ0n) is 14.0. The lowest BCUT2D eigenvalue weighted by molar-refractivity contribution is -0.152. The summed E-state index contributed by atoms with van der Waals surface area (Å²) in [6, 6.07) is 7.59. The van der Waals surface area contributed by atoms with E-state index in [1.165, 1.54) is 0 Å². The highest BCUT2D eigenvalue weighted by atomic mass is 79.9. The molecule has 1 spiro atoms. The molecule has 1 aromatic carbocycles. The second-order valence-electron chi connectivity index (χ2n) is 6.82. The molecular formula is C19H20BrNO4. The highest BCUT2D eigenvalue weighted by molar-refractivity contribution is 9.10. The SMILES string of the molecule is CCCCOC(=O)C1[C@H]2C(=O)N(c3ccc(Br)cc3)C[C@]23C=C[C@H]1O3.